The van der Waals surface area contributed by atoms with Crippen molar-refractivity contribution in [1.82, 2.24) is 10.1 Å². The van der Waals surface area contributed by atoms with E-state index in [0.717, 1.165) is 12.1 Å². The third-order valence-electron chi connectivity index (χ3n) is 5.20. The van der Waals surface area contributed by atoms with Crippen molar-refractivity contribution in [2.24, 2.45) is 5.14 Å². The number of alkyl halides is 3. The Morgan fingerprint density at radius 3 is 2.42 bits per heavy atom. The zero-order valence-electron chi connectivity index (χ0n) is 16.1. The van der Waals surface area contributed by atoms with Gasteiger partial charge in [0.1, 0.15) is 11.5 Å². The lowest BCUT2D eigenvalue weighted by atomic mass is 10.1. The summed E-state index contributed by atoms with van der Waals surface area (Å²) in [5.41, 5.74) is -0.186. The maximum Gasteiger partial charge on any atom is 0.418 e. The van der Waals surface area contributed by atoms with E-state index in [4.69, 9.17) is 9.66 Å². The first-order chi connectivity index (χ1) is 14.5. The minimum Gasteiger partial charge on any atom is -0.368 e. The highest BCUT2D eigenvalue weighted by molar-refractivity contribution is 7.89. The molecule has 3 aromatic rings. The Hall–Kier alpha value is -2.70. The van der Waals surface area contributed by atoms with Crippen molar-refractivity contribution in [2.75, 3.05) is 31.1 Å². The van der Waals surface area contributed by atoms with Crippen molar-refractivity contribution < 1.29 is 30.5 Å². The fourth-order valence-corrected chi connectivity index (χ4v) is 4.17. The van der Waals surface area contributed by atoms with Gasteiger partial charge in [-0.05, 0) is 30.3 Å². The maximum atomic E-state index is 13.6. The van der Waals surface area contributed by atoms with Gasteiger partial charge in [-0.25, -0.2) is 17.9 Å². The number of hydrogen-bond acceptors (Lipinski definition) is 6. The van der Waals surface area contributed by atoms with E-state index in [1.807, 2.05) is 4.90 Å². The van der Waals surface area contributed by atoms with Crippen molar-refractivity contribution in [1.29, 1.82) is 0 Å². The summed E-state index contributed by atoms with van der Waals surface area (Å²) in [5.74, 6) is -0.433. The summed E-state index contributed by atoms with van der Waals surface area (Å²) in [6.45, 7) is 1.89. The van der Waals surface area contributed by atoms with Gasteiger partial charge in [-0.3, -0.25) is 4.90 Å². The average molecular weight is 458 g/mol. The van der Waals surface area contributed by atoms with Crippen LogP contribution in [0.15, 0.2) is 45.8 Å². The molecule has 1 fully saturated rings. The van der Waals surface area contributed by atoms with Crippen LogP contribution in [0.5, 0.6) is 0 Å². The molecule has 0 radical (unpaired) electrons. The van der Waals surface area contributed by atoms with Crippen molar-refractivity contribution in [3.05, 3.63) is 53.5 Å². The van der Waals surface area contributed by atoms with Crippen LogP contribution >= 0.6 is 0 Å². The Morgan fingerprint density at radius 2 is 1.77 bits per heavy atom. The van der Waals surface area contributed by atoms with Crippen LogP contribution in [-0.2, 0) is 22.7 Å². The first kappa shape index (κ1) is 21.5. The minimum atomic E-state index is -4.73. The number of benzene rings is 2. The topological polar surface area (TPSA) is 92.7 Å². The van der Waals surface area contributed by atoms with Gasteiger partial charge in [-0.15, -0.1) is 0 Å². The van der Waals surface area contributed by atoms with Crippen LogP contribution in [0.1, 0.15) is 11.3 Å². The van der Waals surface area contributed by atoms with E-state index < -0.39 is 32.5 Å². The third kappa shape index (κ3) is 4.50. The van der Waals surface area contributed by atoms with E-state index in [2.05, 4.69) is 5.16 Å². The van der Waals surface area contributed by atoms with E-state index >= 15 is 0 Å². The second-order valence-corrected chi connectivity index (χ2v) is 8.82. The molecule has 0 atom stereocenters. The van der Waals surface area contributed by atoms with Crippen LogP contribution in [0.2, 0.25) is 0 Å². The highest BCUT2D eigenvalue weighted by Gasteiger charge is 2.36. The largest absolute Gasteiger partial charge is 0.418 e. The average Bonchev–Trinajstić information content (AvgIpc) is 3.08. The number of fused-ring (bicyclic) bond motifs is 1. The Bertz CT molecular complexity index is 1220. The molecule has 7 nitrogen and oxygen atoms in total. The molecule has 166 valence electrons. The van der Waals surface area contributed by atoms with Gasteiger partial charge in [0.2, 0.25) is 10.0 Å². The number of anilines is 1. The van der Waals surface area contributed by atoms with Crippen molar-refractivity contribution >= 4 is 26.7 Å². The zero-order chi connectivity index (χ0) is 22.4. The van der Waals surface area contributed by atoms with Gasteiger partial charge in [0.05, 0.1) is 10.5 Å². The van der Waals surface area contributed by atoms with Gasteiger partial charge in [0.15, 0.2) is 5.58 Å². The van der Waals surface area contributed by atoms with E-state index in [1.165, 1.54) is 12.1 Å². The number of halogens is 4. The first-order valence-corrected chi connectivity index (χ1v) is 10.8. The number of sulfonamides is 1. The molecule has 4 rings (SSSR count). The molecule has 0 aliphatic carbocycles. The highest BCUT2D eigenvalue weighted by atomic mass is 32.2. The van der Waals surface area contributed by atoms with Crippen LogP contribution in [0.25, 0.3) is 11.0 Å². The molecule has 1 aliphatic rings. The normalized spacial score (nSPS) is 16.2. The Labute approximate surface area is 175 Å². The number of primary sulfonamides is 1. The van der Waals surface area contributed by atoms with E-state index in [1.54, 1.807) is 11.0 Å². The maximum absolute atomic E-state index is 13.6. The lowest BCUT2D eigenvalue weighted by Gasteiger charge is -2.37. The van der Waals surface area contributed by atoms with Gasteiger partial charge in [0.25, 0.3) is 0 Å². The van der Waals surface area contributed by atoms with Crippen LogP contribution < -0.4 is 10.0 Å². The Balaban J connectivity index is 1.50. The van der Waals surface area contributed by atoms with Crippen molar-refractivity contribution in [2.45, 2.75) is 17.6 Å². The number of nitrogens with two attached hydrogens (primary N) is 1. The predicted molar refractivity (Wildman–Crippen MR) is 104 cm³/mol. The molecule has 2 aromatic carbocycles. The molecule has 0 bridgehead atoms. The molecule has 0 amide bonds. The molecule has 1 aromatic heterocycles. The SMILES string of the molecule is NS(=O)(=O)c1ccc(N2CCN(Cc3noc4cc(F)ccc34)CC2)c(C(F)(F)F)c1. The fraction of sp³-hybridized carbons (Fsp3) is 0.316. The highest BCUT2D eigenvalue weighted by Crippen LogP contribution is 2.38. The molecule has 12 heteroatoms. The number of aromatic nitrogens is 1. The minimum absolute atomic E-state index is 0.0955. The quantitative estimate of drug-likeness (QED) is 0.605. The summed E-state index contributed by atoms with van der Waals surface area (Å²) in [4.78, 5) is 2.97. The number of piperazine rings is 1. The molecule has 0 unspecified atom stereocenters. The molecule has 31 heavy (non-hydrogen) atoms. The number of rotatable bonds is 4. The van der Waals surface area contributed by atoms with Gasteiger partial charge in [-0.2, -0.15) is 13.2 Å². The van der Waals surface area contributed by atoms with E-state index in [9.17, 15) is 26.0 Å². The molecule has 0 spiro atoms. The first-order valence-electron chi connectivity index (χ1n) is 9.27. The molecule has 0 saturated carbocycles. The van der Waals surface area contributed by atoms with Gasteiger partial charge in [0, 0.05) is 49.9 Å². The van der Waals surface area contributed by atoms with Gasteiger partial charge < -0.3 is 9.42 Å². The number of nitrogens with zero attached hydrogens (tertiary/aromatic N) is 3. The number of hydrogen-bond donors (Lipinski definition) is 1. The zero-order valence-corrected chi connectivity index (χ0v) is 16.9. The lowest BCUT2D eigenvalue weighted by molar-refractivity contribution is -0.137. The summed E-state index contributed by atoms with van der Waals surface area (Å²) < 4.78 is 82.0. The molecular weight excluding hydrogens is 440 g/mol. The summed E-state index contributed by atoms with van der Waals surface area (Å²) >= 11 is 0. The molecule has 2 heterocycles. The monoisotopic (exact) mass is 458 g/mol. The molecular formula is C19H18F4N4O3S. The van der Waals surface area contributed by atoms with Crippen LogP contribution in [0.3, 0.4) is 0 Å². The van der Waals surface area contributed by atoms with Crippen molar-refractivity contribution in [3.8, 4) is 0 Å². The Kier molecular flexibility index (Phi) is 5.40. The summed E-state index contributed by atoms with van der Waals surface area (Å²) in [6.07, 6.45) is -4.73. The third-order valence-corrected chi connectivity index (χ3v) is 6.11. The molecule has 1 saturated heterocycles. The fourth-order valence-electron chi connectivity index (χ4n) is 3.63. The van der Waals surface area contributed by atoms with E-state index in [0.29, 0.717) is 55.5 Å². The summed E-state index contributed by atoms with van der Waals surface area (Å²) in [5, 5.41) is 9.63. The van der Waals surface area contributed by atoms with Gasteiger partial charge in [-0.1, -0.05) is 5.16 Å². The van der Waals surface area contributed by atoms with Crippen molar-refractivity contribution in [3.63, 3.8) is 0 Å². The summed E-state index contributed by atoms with van der Waals surface area (Å²) in [7, 11) is -4.26. The van der Waals surface area contributed by atoms with Crippen LogP contribution in [-0.4, -0.2) is 44.7 Å². The Morgan fingerprint density at radius 1 is 1.06 bits per heavy atom. The second-order valence-electron chi connectivity index (χ2n) is 7.25. The second kappa shape index (κ2) is 7.77. The summed E-state index contributed by atoms with van der Waals surface area (Å²) in [6, 6.07) is 6.91. The standard InChI is InChI=1S/C19H18F4N4O3S/c20-12-1-3-14-16(25-30-18(14)9-12)11-26-5-7-27(8-6-26)17-4-2-13(31(24,28)29)10-15(17)19(21,22)23/h1-4,9-10H,5-8,11H2,(H2,24,28,29). The van der Waals surface area contributed by atoms with E-state index in [-0.39, 0.29) is 5.69 Å². The van der Waals surface area contributed by atoms with Crippen LogP contribution in [0.4, 0.5) is 23.2 Å². The lowest BCUT2D eigenvalue weighted by Crippen LogP contribution is -2.46. The van der Waals surface area contributed by atoms with Gasteiger partial charge >= 0.3 is 6.18 Å². The molecule has 2 N–H and O–H groups in total. The smallest absolute Gasteiger partial charge is 0.368 e. The molecule has 1 aliphatic heterocycles. The predicted octanol–water partition coefficient (Wildman–Crippen LogP) is 2.96. The van der Waals surface area contributed by atoms with Crippen LogP contribution in [0, 0.1) is 5.82 Å².